The molecule has 4 rings (SSSR count). The van der Waals surface area contributed by atoms with Gasteiger partial charge < -0.3 is 15.4 Å². The van der Waals surface area contributed by atoms with Crippen molar-refractivity contribution in [3.05, 3.63) is 81.3 Å². The molecule has 0 radical (unpaired) electrons. The number of alkyl halides is 2. The summed E-state index contributed by atoms with van der Waals surface area (Å²) in [5.74, 6) is -0.0975. The average Bonchev–Trinajstić information content (AvgIpc) is 3.26. The van der Waals surface area contributed by atoms with Crippen molar-refractivity contribution in [2.45, 2.75) is 40.2 Å². The maximum atomic E-state index is 13.1. The van der Waals surface area contributed by atoms with Gasteiger partial charge in [0.25, 0.3) is 12.3 Å². The van der Waals surface area contributed by atoms with Gasteiger partial charge in [0, 0.05) is 24.6 Å². The number of aryl methyl sites for hydroxylation is 1. The molecule has 4 N–H and O–H groups in total. The molecular weight excluding hydrogens is 599 g/mol. The molecule has 228 valence electrons. The molecular formula is C31H34Cl2F2N5O3+. The molecule has 2 amide bonds. The van der Waals surface area contributed by atoms with E-state index in [1.807, 2.05) is 51.1 Å². The number of carbonyl (C=O) groups is 2. The number of carbonyl (C=O) groups excluding carboxylic acids is 2. The van der Waals surface area contributed by atoms with Crippen LogP contribution in [-0.2, 0) is 24.8 Å². The molecule has 0 aliphatic heterocycles. The zero-order valence-corrected chi connectivity index (χ0v) is 25.8. The van der Waals surface area contributed by atoms with Gasteiger partial charge in [0.1, 0.15) is 29.1 Å². The molecule has 4 aromatic rings. The number of H-pyrrole nitrogens is 1. The molecule has 43 heavy (non-hydrogen) atoms. The van der Waals surface area contributed by atoms with Crippen LogP contribution >= 0.6 is 23.2 Å². The van der Waals surface area contributed by atoms with Crippen molar-refractivity contribution in [1.29, 1.82) is 0 Å². The van der Waals surface area contributed by atoms with E-state index in [-0.39, 0.29) is 23.8 Å². The van der Waals surface area contributed by atoms with E-state index in [2.05, 4.69) is 20.9 Å². The second kappa shape index (κ2) is 13.6. The normalized spacial score (nSPS) is 11.6. The lowest BCUT2D eigenvalue weighted by molar-refractivity contribution is -0.629. The van der Waals surface area contributed by atoms with Gasteiger partial charge in [0.2, 0.25) is 5.91 Å². The summed E-state index contributed by atoms with van der Waals surface area (Å²) in [6, 6.07) is 16.2. The summed E-state index contributed by atoms with van der Waals surface area (Å²) in [4.78, 5) is 28.7. The van der Waals surface area contributed by atoms with Crippen LogP contribution in [0.3, 0.4) is 0 Å². The van der Waals surface area contributed by atoms with Gasteiger partial charge in [0.15, 0.2) is 0 Å². The zero-order valence-electron chi connectivity index (χ0n) is 24.3. The summed E-state index contributed by atoms with van der Waals surface area (Å²) in [5.41, 5.74) is 2.79. The van der Waals surface area contributed by atoms with Crippen LogP contribution in [-0.4, -0.2) is 36.4 Å². The Kier molecular flexibility index (Phi) is 10.1. The topological polar surface area (TPSA) is 99.1 Å². The van der Waals surface area contributed by atoms with Gasteiger partial charge in [-0.05, 0) is 29.7 Å². The Morgan fingerprint density at radius 3 is 2.44 bits per heavy atom. The van der Waals surface area contributed by atoms with Gasteiger partial charge in [-0.3, -0.25) is 9.59 Å². The van der Waals surface area contributed by atoms with E-state index >= 15 is 0 Å². The third kappa shape index (κ3) is 7.94. The second-order valence-corrected chi connectivity index (χ2v) is 11.8. The van der Waals surface area contributed by atoms with Crippen molar-refractivity contribution in [3.63, 3.8) is 0 Å². The molecule has 1 heterocycles. The lowest BCUT2D eigenvalue weighted by Gasteiger charge is -2.18. The van der Waals surface area contributed by atoms with Gasteiger partial charge in [-0.2, -0.15) is 0 Å². The van der Waals surface area contributed by atoms with E-state index in [9.17, 15) is 18.4 Å². The monoisotopic (exact) mass is 632 g/mol. The average molecular weight is 634 g/mol. The standard InChI is InChI=1S/C31H33Cl2F2N5O3/c1-31(2,3)29(42)37-16-19-10-11-21(32)27(26(19)33)39-30-38-22-14-20(24(43-17-25(34)35)15-23(22)40(30)4)28(41)36-13-12-18-8-6-5-7-9-18/h5-11,14-15,25H,12-13,16-17H2,1-4H3,(H3,36,37,38,39,41,42)/p+1. The third-order valence-corrected chi connectivity index (χ3v) is 7.48. The van der Waals surface area contributed by atoms with Crippen molar-refractivity contribution in [1.82, 2.24) is 15.6 Å². The minimum absolute atomic E-state index is 0.0267. The first-order chi connectivity index (χ1) is 20.3. The maximum Gasteiger partial charge on any atom is 0.360 e. The third-order valence-electron chi connectivity index (χ3n) is 6.73. The Morgan fingerprint density at radius 1 is 1.05 bits per heavy atom. The fourth-order valence-corrected chi connectivity index (χ4v) is 4.84. The van der Waals surface area contributed by atoms with E-state index in [0.717, 1.165) is 5.56 Å². The van der Waals surface area contributed by atoms with Crippen LogP contribution in [0.4, 0.5) is 20.4 Å². The molecule has 0 aliphatic rings. The first-order valence-electron chi connectivity index (χ1n) is 13.7. The number of nitrogens with zero attached hydrogens (tertiary/aromatic N) is 1. The number of aromatic nitrogens is 2. The molecule has 0 unspecified atom stereocenters. The van der Waals surface area contributed by atoms with Gasteiger partial charge in [-0.15, -0.1) is 0 Å². The first kappa shape index (κ1) is 32.0. The van der Waals surface area contributed by atoms with Crippen LogP contribution < -0.4 is 25.3 Å². The largest absolute Gasteiger partial charge is 0.487 e. The number of benzene rings is 3. The zero-order chi connectivity index (χ0) is 31.3. The molecule has 0 spiro atoms. The van der Waals surface area contributed by atoms with E-state index < -0.39 is 24.4 Å². The SMILES string of the molecule is C[n+]1c(Nc2c(Cl)ccc(CNC(=O)C(C)(C)C)c2Cl)[nH]c2cc(C(=O)NCCc3ccccc3)c(OCC(F)F)cc21. The Bertz CT molecular complexity index is 1620. The minimum Gasteiger partial charge on any atom is -0.487 e. The smallest absolute Gasteiger partial charge is 0.360 e. The number of imidazole rings is 1. The molecule has 0 fully saturated rings. The predicted molar refractivity (Wildman–Crippen MR) is 164 cm³/mol. The summed E-state index contributed by atoms with van der Waals surface area (Å²) in [7, 11) is 1.74. The first-order valence-corrected chi connectivity index (χ1v) is 14.4. The highest BCUT2D eigenvalue weighted by atomic mass is 35.5. The van der Waals surface area contributed by atoms with E-state index in [0.29, 0.717) is 51.2 Å². The van der Waals surface area contributed by atoms with Gasteiger partial charge in [0.05, 0.1) is 22.7 Å². The highest BCUT2D eigenvalue weighted by molar-refractivity contribution is 6.39. The van der Waals surface area contributed by atoms with Gasteiger partial charge >= 0.3 is 5.95 Å². The predicted octanol–water partition coefficient (Wildman–Crippen LogP) is 6.32. The molecule has 0 bridgehead atoms. The lowest BCUT2D eigenvalue weighted by Crippen LogP contribution is -2.34. The minimum atomic E-state index is -2.72. The van der Waals surface area contributed by atoms with Crippen LogP contribution in [0.25, 0.3) is 11.0 Å². The molecule has 3 aromatic carbocycles. The number of ether oxygens (including phenoxy) is 1. The second-order valence-electron chi connectivity index (χ2n) is 11.0. The fourth-order valence-electron chi connectivity index (χ4n) is 4.31. The van der Waals surface area contributed by atoms with Crippen LogP contribution in [0.2, 0.25) is 10.0 Å². The van der Waals surface area contributed by atoms with Crippen molar-refractivity contribution in [2.24, 2.45) is 12.5 Å². The van der Waals surface area contributed by atoms with E-state index in [1.165, 1.54) is 6.07 Å². The molecule has 0 saturated carbocycles. The van der Waals surface area contributed by atoms with Crippen LogP contribution in [0, 0.1) is 5.41 Å². The summed E-state index contributed by atoms with van der Waals surface area (Å²) in [5, 5.41) is 9.58. The number of halogens is 4. The Morgan fingerprint density at radius 2 is 1.77 bits per heavy atom. The lowest BCUT2D eigenvalue weighted by atomic mass is 9.95. The number of fused-ring (bicyclic) bond motifs is 1. The molecule has 0 aliphatic carbocycles. The number of anilines is 2. The quantitative estimate of drug-likeness (QED) is 0.145. The Balaban J connectivity index is 1.61. The maximum absolute atomic E-state index is 13.1. The van der Waals surface area contributed by atoms with Crippen molar-refractivity contribution < 1.29 is 27.7 Å². The number of hydrogen-bond donors (Lipinski definition) is 4. The van der Waals surface area contributed by atoms with Crippen molar-refractivity contribution in [3.8, 4) is 5.75 Å². The summed E-state index contributed by atoms with van der Waals surface area (Å²) < 4.78 is 33.2. The van der Waals surface area contributed by atoms with Crippen molar-refractivity contribution >= 4 is 57.7 Å². The number of hydrogen-bond acceptors (Lipinski definition) is 4. The molecule has 0 atom stereocenters. The van der Waals surface area contributed by atoms with Gasteiger partial charge in [-0.1, -0.05) is 80.4 Å². The van der Waals surface area contributed by atoms with E-state index in [4.69, 9.17) is 27.9 Å². The number of rotatable bonds is 11. The van der Waals surface area contributed by atoms with Crippen LogP contribution in [0.5, 0.6) is 5.75 Å². The number of nitrogens with one attached hydrogen (secondary N) is 4. The number of aromatic amines is 1. The molecule has 1 aromatic heterocycles. The van der Waals surface area contributed by atoms with Crippen molar-refractivity contribution in [2.75, 3.05) is 18.5 Å². The summed E-state index contributed by atoms with van der Waals surface area (Å²) in [6.07, 6.45) is -2.11. The Labute approximate surface area is 258 Å². The van der Waals surface area contributed by atoms with Crippen LogP contribution in [0.1, 0.15) is 42.3 Å². The Hall–Kier alpha value is -3.89. The molecule has 12 heteroatoms. The highest BCUT2D eigenvalue weighted by Gasteiger charge is 2.25. The summed E-state index contributed by atoms with van der Waals surface area (Å²) in [6.45, 7) is 5.14. The highest BCUT2D eigenvalue weighted by Crippen LogP contribution is 2.35. The molecule has 8 nitrogen and oxygen atoms in total. The van der Waals surface area contributed by atoms with Gasteiger partial charge in [-0.25, -0.2) is 23.6 Å². The van der Waals surface area contributed by atoms with Crippen LogP contribution in [0.15, 0.2) is 54.6 Å². The van der Waals surface area contributed by atoms with E-state index in [1.54, 1.807) is 29.8 Å². The summed E-state index contributed by atoms with van der Waals surface area (Å²) >= 11 is 13.2. The molecule has 0 saturated heterocycles. The fraction of sp³-hybridized carbons (Fsp3) is 0.323. The number of amides is 2.